The second-order valence-electron chi connectivity index (χ2n) is 4.49. The number of oxime groups is 1. The van der Waals surface area contributed by atoms with E-state index in [2.05, 4.69) is 5.16 Å². The molecular formula is C12H17F2N3O3S. The van der Waals surface area contributed by atoms with E-state index in [1.165, 1.54) is 36.2 Å². The Hall–Kier alpha value is -1.74. The van der Waals surface area contributed by atoms with Crippen LogP contribution in [-0.2, 0) is 9.84 Å². The minimum absolute atomic E-state index is 0.00273. The van der Waals surface area contributed by atoms with E-state index >= 15 is 0 Å². The molecule has 9 heteroatoms. The first-order chi connectivity index (χ1) is 9.76. The highest BCUT2D eigenvalue weighted by molar-refractivity contribution is 7.91. The van der Waals surface area contributed by atoms with Crippen LogP contribution in [-0.4, -0.2) is 56.7 Å². The zero-order chi connectivity index (χ0) is 16.0. The summed E-state index contributed by atoms with van der Waals surface area (Å²) in [7, 11) is -2.21. The molecule has 6 nitrogen and oxygen atoms in total. The van der Waals surface area contributed by atoms with Crippen molar-refractivity contribution in [3.63, 3.8) is 0 Å². The van der Waals surface area contributed by atoms with Gasteiger partial charge in [-0.2, -0.15) is 0 Å². The van der Waals surface area contributed by atoms with Crippen molar-refractivity contribution in [2.24, 2.45) is 10.9 Å². The van der Waals surface area contributed by atoms with Gasteiger partial charge in [-0.1, -0.05) is 17.3 Å². The Labute approximate surface area is 121 Å². The normalized spacial score (nSPS) is 13.1. The first-order valence-electron chi connectivity index (χ1n) is 6.03. The number of nitrogens with zero attached hydrogens (tertiary/aromatic N) is 2. The van der Waals surface area contributed by atoms with Crippen LogP contribution >= 0.6 is 0 Å². The van der Waals surface area contributed by atoms with Crippen LogP contribution in [0.5, 0.6) is 0 Å². The van der Waals surface area contributed by atoms with Gasteiger partial charge in [0.05, 0.1) is 17.2 Å². The molecule has 118 valence electrons. The Bertz CT molecular complexity index is 606. The van der Waals surface area contributed by atoms with Crippen LogP contribution in [0, 0.1) is 0 Å². The molecular weight excluding hydrogens is 304 g/mol. The van der Waals surface area contributed by atoms with E-state index in [4.69, 9.17) is 10.9 Å². The summed E-state index contributed by atoms with van der Waals surface area (Å²) in [6, 6.07) is 5.61. The van der Waals surface area contributed by atoms with E-state index in [9.17, 15) is 17.2 Å². The number of benzene rings is 1. The third kappa shape index (κ3) is 5.27. The van der Waals surface area contributed by atoms with Crippen LogP contribution in [0.3, 0.4) is 0 Å². The third-order valence-electron chi connectivity index (χ3n) is 2.79. The van der Waals surface area contributed by atoms with Crippen molar-refractivity contribution in [1.29, 1.82) is 0 Å². The summed E-state index contributed by atoms with van der Waals surface area (Å²) in [5.74, 6) is -0.502. The van der Waals surface area contributed by atoms with Gasteiger partial charge in [0, 0.05) is 12.1 Å². The van der Waals surface area contributed by atoms with Gasteiger partial charge in [0.1, 0.15) is 0 Å². The molecule has 0 aliphatic heterocycles. The maximum absolute atomic E-state index is 12.2. The van der Waals surface area contributed by atoms with Crippen molar-refractivity contribution in [2.45, 2.75) is 11.3 Å². The Kier molecular flexibility index (Phi) is 6.03. The molecule has 0 bridgehead atoms. The number of halogens is 2. The number of nitrogens with two attached hydrogens (primary N) is 1. The summed E-state index contributed by atoms with van der Waals surface area (Å²) < 4.78 is 48.6. The second-order valence-corrected chi connectivity index (χ2v) is 6.59. The van der Waals surface area contributed by atoms with E-state index in [0.717, 1.165) is 0 Å². The van der Waals surface area contributed by atoms with E-state index in [-0.39, 0.29) is 28.6 Å². The van der Waals surface area contributed by atoms with E-state index < -0.39 is 22.8 Å². The molecule has 0 saturated carbocycles. The lowest BCUT2D eigenvalue weighted by Gasteiger charge is -2.15. The molecule has 1 aromatic carbocycles. The minimum atomic E-state index is -3.63. The number of alkyl halides is 2. The summed E-state index contributed by atoms with van der Waals surface area (Å²) >= 11 is 0. The van der Waals surface area contributed by atoms with Gasteiger partial charge in [-0.25, -0.2) is 17.2 Å². The summed E-state index contributed by atoms with van der Waals surface area (Å²) in [6.07, 6.45) is -2.51. The van der Waals surface area contributed by atoms with Gasteiger partial charge in [-0.3, -0.25) is 4.90 Å². The zero-order valence-electron chi connectivity index (χ0n) is 11.4. The molecule has 0 atom stereocenters. The Balaban J connectivity index is 2.84. The average Bonchev–Trinajstić information content (AvgIpc) is 2.44. The highest BCUT2D eigenvalue weighted by Gasteiger charge is 2.17. The molecule has 21 heavy (non-hydrogen) atoms. The van der Waals surface area contributed by atoms with Crippen molar-refractivity contribution in [3.8, 4) is 0 Å². The number of rotatable bonds is 7. The van der Waals surface area contributed by atoms with Crippen molar-refractivity contribution in [1.82, 2.24) is 4.90 Å². The molecule has 0 heterocycles. The van der Waals surface area contributed by atoms with Crippen LogP contribution in [0.1, 0.15) is 5.56 Å². The maximum Gasteiger partial charge on any atom is 0.251 e. The highest BCUT2D eigenvalue weighted by Crippen LogP contribution is 2.13. The van der Waals surface area contributed by atoms with Crippen LogP contribution in [0.15, 0.2) is 34.3 Å². The van der Waals surface area contributed by atoms with Gasteiger partial charge in [-0.05, 0) is 19.2 Å². The molecule has 0 fully saturated rings. The summed E-state index contributed by atoms with van der Waals surface area (Å²) in [5, 5.41) is 11.4. The van der Waals surface area contributed by atoms with Crippen molar-refractivity contribution < 1.29 is 22.4 Å². The molecule has 3 N–H and O–H groups in total. The molecule has 1 rings (SSSR count). The molecule has 0 radical (unpaired) electrons. The predicted molar refractivity (Wildman–Crippen MR) is 74.5 cm³/mol. The molecule has 0 unspecified atom stereocenters. The lowest BCUT2D eigenvalue weighted by Crippen LogP contribution is -2.30. The van der Waals surface area contributed by atoms with Crippen LogP contribution in [0.25, 0.3) is 0 Å². The molecule has 1 aromatic rings. The third-order valence-corrected chi connectivity index (χ3v) is 4.48. The molecule has 0 aliphatic rings. The molecule has 0 spiro atoms. The smallest absolute Gasteiger partial charge is 0.251 e. The molecule has 0 aliphatic carbocycles. The van der Waals surface area contributed by atoms with E-state index in [0.29, 0.717) is 0 Å². The topological polar surface area (TPSA) is 96.0 Å². The Morgan fingerprint density at radius 2 is 2.14 bits per heavy atom. The molecule has 0 saturated heterocycles. The average molecular weight is 321 g/mol. The van der Waals surface area contributed by atoms with Crippen LogP contribution in [0.4, 0.5) is 8.78 Å². The molecule has 0 amide bonds. The Morgan fingerprint density at radius 1 is 1.48 bits per heavy atom. The molecule has 0 aromatic heterocycles. The van der Waals surface area contributed by atoms with Crippen molar-refractivity contribution >= 4 is 15.7 Å². The van der Waals surface area contributed by atoms with E-state index in [1.54, 1.807) is 0 Å². The fourth-order valence-corrected chi connectivity index (χ4v) is 3.01. The van der Waals surface area contributed by atoms with Gasteiger partial charge >= 0.3 is 0 Å². The monoisotopic (exact) mass is 321 g/mol. The van der Waals surface area contributed by atoms with Gasteiger partial charge in [0.2, 0.25) is 0 Å². The fourth-order valence-electron chi connectivity index (χ4n) is 1.63. The lowest BCUT2D eigenvalue weighted by molar-refractivity contribution is 0.103. The minimum Gasteiger partial charge on any atom is -0.409 e. The van der Waals surface area contributed by atoms with Gasteiger partial charge in [-0.15, -0.1) is 0 Å². The van der Waals surface area contributed by atoms with Gasteiger partial charge in [0.15, 0.2) is 15.7 Å². The summed E-state index contributed by atoms with van der Waals surface area (Å²) in [5.41, 5.74) is 5.66. The van der Waals surface area contributed by atoms with Gasteiger partial charge < -0.3 is 10.9 Å². The predicted octanol–water partition coefficient (Wildman–Crippen LogP) is 0.752. The lowest BCUT2D eigenvalue weighted by atomic mass is 10.2. The zero-order valence-corrected chi connectivity index (χ0v) is 12.2. The Morgan fingerprint density at radius 3 is 2.71 bits per heavy atom. The quantitative estimate of drug-likeness (QED) is 0.334. The first kappa shape index (κ1) is 17.3. The van der Waals surface area contributed by atoms with Crippen molar-refractivity contribution in [3.05, 3.63) is 29.8 Å². The van der Waals surface area contributed by atoms with Crippen LogP contribution < -0.4 is 5.73 Å². The standard InChI is InChI=1S/C12H17F2N3O3S/c1-17(8-11(13)14)5-6-21(19,20)10-4-2-3-9(7-10)12(15)16-18/h2-4,7,11,18H,5-6,8H2,1H3,(H2,15,16). The summed E-state index contributed by atoms with van der Waals surface area (Å²) in [6.45, 7) is -0.500. The highest BCUT2D eigenvalue weighted by atomic mass is 32.2. The number of sulfone groups is 1. The largest absolute Gasteiger partial charge is 0.409 e. The fraction of sp³-hybridized carbons (Fsp3) is 0.417. The van der Waals surface area contributed by atoms with E-state index in [1.807, 2.05) is 0 Å². The number of hydrogen-bond acceptors (Lipinski definition) is 5. The van der Waals surface area contributed by atoms with Crippen molar-refractivity contribution in [2.75, 3.05) is 25.9 Å². The first-order valence-corrected chi connectivity index (χ1v) is 7.69. The number of hydrogen-bond donors (Lipinski definition) is 2. The van der Waals surface area contributed by atoms with Crippen LogP contribution in [0.2, 0.25) is 0 Å². The SMILES string of the molecule is CN(CCS(=O)(=O)c1cccc(/C(N)=N/O)c1)CC(F)F. The maximum atomic E-state index is 12.2. The van der Waals surface area contributed by atoms with Gasteiger partial charge in [0.25, 0.3) is 6.43 Å². The summed E-state index contributed by atoms with van der Waals surface area (Å²) in [4.78, 5) is 1.24. The second kappa shape index (κ2) is 7.32. The number of amidine groups is 1.